The number of hydrogen-bond acceptors (Lipinski definition) is 4. The lowest BCUT2D eigenvalue weighted by Gasteiger charge is -2.36. The summed E-state index contributed by atoms with van der Waals surface area (Å²) in [5.41, 5.74) is 0.702. The molecular formula is C15H25N3O2S. The van der Waals surface area contributed by atoms with Crippen LogP contribution in [-0.2, 0) is 10.0 Å². The van der Waals surface area contributed by atoms with Crippen molar-refractivity contribution in [3.63, 3.8) is 0 Å². The number of rotatable bonds is 4. The molecule has 5 nitrogen and oxygen atoms in total. The van der Waals surface area contributed by atoms with Crippen molar-refractivity contribution in [2.45, 2.75) is 36.7 Å². The van der Waals surface area contributed by atoms with Crippen LogP contribution in [0.25, 0.3) is 0 Å². The molecular weight excluding hydrogens is 286 g/mol. The third-order valence-electron chi connectivity index (χ3n) is 4.21. The van der Waals surface area contributed by atoms with Gasteiger partial charge in [0.15, 0.2) is 0 Å². The molecule has 0 aromatic heterocycles. The summed E-state index contributed by atoms with van der Waals surface area (Å²) in [5, 5.41) is 3.43. The number of para-hydroxylation sites is 1. The van der Waals surface area contributed by atoms with Gasteiger partial charge in [0.2, 0.25) is 10.0 Å². The van der Waals surface area contributed by atoms with E-state index in [1.165, 1.54) is 4.31 Å². The Hall–Kier alpha value is -1.11. The summed E-state index contributed by atoms with van der Waals surface area (Å²) in [6.07, 6.45) is 2.05. The monoisotopic (exact) mass is 311 g/mol. The summed E-state index contributed by atoms with van der Waals surface area (Å²) in [6, 6.07) is 7.97. The van der Waals surface area contributed by atoms with E-state index in [1.807, 2.05) is 12.1 Å². The molecule has 6 heteroatoms. The SMILES string of the molecule is CC1CC(Nc2ccccc2S(=O)(=O)N(C)C)CCN1C. The minimum absolute atomic E-state index is 0.315. The van der Waals surface area contributed by atoms with Gasteiger partial charge in [0, 0.05) is 32.7 Å². The average Bonchev–Trinajstić information content (AvgIpc) is 2.43. The lowest BCUT2D eigenvalue weighted by atomic mass is 9.99. The van der Waals surface area contributed by atoms with Gasteiger partial charge in [-0.25, -0.2) is 12.7 Å². The molecule has 1 N–H and O–H groups in total. The van der Waals surface area contributed by atoms with Crippen LogP contribution in [0.15, 0.2) is 29.2 Å². The fourth-order valence-corrected chi connectivity index (χ4v) is 3.70. The first-order chi connectivity index (χ1) is 9.82. The molecule has 2 atom stereocenters. The Morgan fingerprint density at radius 3 is 2.57 bits per heavy atom. The third-order valence-corrected chi connectivity index (χ3v) is 6.09. The molecule has 1 fully saturated rings. The molecule has 2 rings (SSSR count). The minimum atomic E-state index is -3.42. The number of hydrogen-bond donors (Lipinski definition) is 1. The van der Waals surface area contributed by atoms with Crippen molar-refractivity contribution >= 4 is 15.7 Å². The standard InChI is InChI=1S/C15H25N3O2S/c1-12-11-13(9-10-18(12)4)16-14-7-5-6-8-15(14)21(19,20)17(2)3/h5-8,12-13,16H,9-11H2,1-4H3. The van der Waals surface area contributed by atoms with Crippen LogP contribution >= 0.6 is 0 Å². The number of nitrogens with one attached hydrogen (secondary N) is 1. The van der Waals surface area contributed by atoms with Crippen LogP contribution in [0.5, 0.6) is 0 Å². The lowest BCUT2D eigenvalue weighted by Crippen LogP contribution is -2.42. The molecule has 0 radical (unpaired) electrons. The Morgan fingerprint density at radius 2 is 1.95 bits per heavy atom. The first kappa shape index (κ1) is 16.3. The summed E-state index contributed by atoms with van der Waals surface area (Å²) in [6.45, 7) is 3.23. The Morgan fingerprint density at radius 1 is 1.29 bits per heavy atom. The normalized spacial score (nSPS) is 24.2. The number of piperidine rings is 1. The summed E-state index contributed by atoms with van der Waals surface area (Å²) >= 11 is 0. The molecule has 0 amide bonds. The van der Waals surface area contributed by atoms with Crippen LogP contribution in [0.2, 0.25) is 0 Å². The van der Waals surface area contributed by atoms with Gasteiger partial charge in [-0.05, 0) is 38.9 Å². The van der Waals surface area contributed by atoms with Gasteiger partial charge in [-0.1, -0.05) is 12.1 Å². The smallest absolute Gasteiger partial charge is 0.244 e. The zero-order valence-corrected chi connectivity index (χ0v) is 14.0. The highest BCUT2D eigenvalue weighted by Crippen LogP contribution is 2.26. The van der Waals surface area contributed by atoms with Crippen LogP contribution in [-0.4, -0.2) is 57.4 Å². The van der Waals surface area contributed by atoms with E-state index in [2.05, 4.69) is 24.2 Å². The highest BCUT2D eigenvalue weighted by Gasteiger charge is 2.26. The number of nitrogens with zero attached hydrogens (tertiary/aromatic N) is 2. The van der Waals surface area contributed by atoms with Crippen molar-refractivity contribution < 1.29 is 8.42 Å². The first-order valence-corrected chi connectivity index (χ1v) is 8.74. The Bertz CT molecular complexity index is 586. The largest absolute Gasteiger partial charge is 0.381 e. The molecule has 0 bridgehead atoms. The van der Waals surface area contributed by atoms with E-state index in [-0.39, 0.29) is 0 Å². The maximum Gasteiger partial charge on any atom is 0.244 e. The van der Waals surface area contributed by atoms with E-state index in [9.17, 15) is 8.42 Å². The van der Waals surface area contributed by atoms with Crippen molar-refractivity contribution in [3.05, 3.63) is 24.3 Å². The summed E-state index contributed by atoms with van der Waals surface area (Å²) < 4.78 is 26.0. The zero-order chi connectivity index (χ0) is 15.6. The van der Waals surface area contributed by atoms with E-state index < -0.39 is 10.0 Å². The second-order valence-electron chi connectivity index (χ2n) is 5.98. The van der Waals surface area contributed by atoms with E-state index in [0.717, 1.165) is 19.4 Å². The van der Waals surface area contributed by atoms with E-state index >= 15 is 0 Å². The number of likely N-dealkylation sites (tertiary alicyclic amines) is 1. The van der Waals surface area contributed by atoms with Gasteiger partial charge < -0.3 is 10.2 Å². The molecule has 118 valence electrons. The van der Waals surface area contributed by atoms with Crippen molar-refractivity contribution in [2.75, 3.05) is 33.0 Å². The minimum Gasteiger partial charge on any atom is -0.381 e. The summed E-state index contributed by atoms with van der Waals surface area (Å²) in [5.74, 6) is 0. The quantitative estimate of drug-likeness (QED) is 0.922. The predicted molar refractivity (Wildman–Crippen MR) is 86.1 cm³/mol. The second-order valence-corrected chi connectivity index (χ2v) is 8.10. The molecule has 1 aliphatic heterocycles. The molecule has 1 aromatic carbocycles. The fourth-order valence-electron chi connectivity index (χ4n) is 2.65. The van der Waals surface area contributed by atoms with Gasteiger partial charge in [-0.15, -0.1) is 0 Å². The summed E-state index contributed by atoms with van der Waals surface area (Å²) in [7, 11) is 1.83. The van der Waals surface area contributed by atoms with Crippen LogP contribution in [0.1, 0.15) is 19.8 Å². The van der Waals surface area contributed by atoms with Crippen LogP contribution in [0, 0.1) is 0 Å². The molecule has 0 aliphatic carbocycles. The van der Waals surface area contributed by atoms with Crippen LogP contribution in [0.3, 0.4) is 0 Å². The molecule has 0 saturated carbocycles. The van der Waals surface area contributed by atoms with E-state index in [1.54, 1.807) is 26.2 Å². The number of anilines is 1. The molecule has 21 heavy (non-hydrogen) atoms. The van der Waals surface area contributed by atoms with Gasteiger partial charge in [0.1, 0.15) is 4.90 Å². The molecule has 2 unspecified atom stereocenters. The molecule has 1 heterocycles. The fraction of sp³-hybridized carbons (Fsp3) is 0.600. The molecule has 0 spiro atoms. The first-order valence-electron chi connectivity index (χ1n) is 7.30. The molecule has 1 saturated heterocycles. The van der Waals surface area contributed by atoms with Crippen molar-refractivity contribution in [1.82, 2.24) is 9.21 Å². The predicted octanol–water partition coefficient (Wildman–Crippen LogP) is 1.83. The Kier molecular flexibility index (Phi) is 4.91. The Labute approximate surface area is 128 Å². The van der Waals surface area contributed by atoms with E-state index in [4.69, 9.17) is 0 Å². The van der Waals surface area contributed by atoms with Gasteiger partial charge in [0.25, 0.3) is 0 Å². The van der Waals surface area contributed by atoms with Crippen LogP contribution in [0.4, 0.5) is 5.69 Å². The van der Waals surface area contributed by atoms with Crippen LogP contribution < -0.4 is 5.32 Å². The maximum absolute atomic E-state index is 12.4. The molecule has 1 aromatic rings. The van der Waals surface area contributed by atoms with Crippen molar-refractivity contribution in [3.8, 4) is 0 Å². The highest BCUT2D eigenvalue weighted by atomic mass is 32.2. The average molecular weight is 311 g/mol. The van der Waals surface area contributed by atoms with Gasteiger partial charge in [-0.3, -0.25) is 0 Å². The van der Waals surface area contributed by atoms with Gasteiger partial charge >= 0.3 is 0 Å². The number of benzene rings is 1. The zero-order valence-electron chi connectivity index (χ0n) is 13.2. The second kappa shape index (κ2) is 6.34. The van der Waals surface area contributed by atoms with E-state index in [0.29, 0.717) is 22.7 Å². The highest BCUT2D eigenvalue weighted by molar-refractivity contribution is 7.89. The van der Waals surface area contributed by atoms with Crippen molar-refractivity contribution in [1.29, 1.82) is 0 Å². The summed E-state index contributed by atoms with van der Waals surface area (Å²) in [4.78, 5) is 2.68. The van der Waals surface area contributed by atoms with Gasteiger partial charge in [0.05, 0.1) is 5.69 Å². The Balaban J connectivity index is 2.22. The topological polar surface area (TPSA) is 52.7 Å². The lowest BCUT2D eigenvalue weighted by molar-refractivity contribution is 0.190. The maximum atomic E-state index is 12.4. The van der Waals surface area contributed by atoms with Gasteiger partial charge in [-0.2, -0.15) is 0 Å². The van der Waals surface area contributed by atoms with Crippen molar-refractivity contribution in [2.24, 2.45) is 0 Å². The third kappa shape index (κ3) is 3.56. The molecule has 1 aliphatic rings. The number of sulfonamides is 1.